The van der Waals surface area contributed by atoms with E-state index < -0.39 is 5.54 Å². The van der Waals surface area contributed by atoms with Crippen LogP contribution in [0.1, 0.15) is 41.8 Å². The molecule has 2 aromatic rings. The van der Waals surface area contributed by atoms with Crippen LogP contribution in [0.15, 0.2) is 47.1 Å². The Hall–Kier alpha value is -3.16. The number of hydrogen-bond donors (Lipinski definition) is 1. The van der Waals surface area contributed by atoms with Crippen molar-refractivity contribution in [3.63, 3.8) is 0 Å². The summed E-state index contributed by atoms with van der Waals surface area (Å²) in [6.45, 7) is 1.40. The molecule has 1 aromatic heterocycles. The van der Waals surface area contributed by atoms with E-state index in [1.165, 1.54) is 23.3 Å². The normalized spacial score (nSPS) is 24.2. The zero-order chi connectivity index (χ0) is 22.3. The van der Waals surface area contributed by atoms with Crippen LogP contribution in [-0.4, -0.2) is 52.8 Å². The van der Waals surface area contributed by atoms with Gasteiger partial charge in [0, 0.05) is 26.1 Å². The summed E-state index contributed by atoms with van der Waals surface area (Å²) in [4.78, 5) is 42.2. The summed E-state index contributed by atoms with van der Waals surface area (Å²) >= 11 is 0. The maximum Gasteiger partial charge on any atom is 0.325 e. The molecule has 1 atom stereocenters. The van der Waals surface area contributed by atoms with E-state index in [1.54, 1.807) is 29.2 Å². The van der Waals surface area contributed by atoms with Crippen molar-refractivity contribution in [3.8, 4) is 0 Å². The molecule has 1 saturated carbocycles. The molecule has 1 aromatic carbocycles. The molecule has 3 heterocycles. The van der Waals surface area contributed by atoms with Crippen molar-refractivity contribution in [2.24, 2.45) is 11.8 Å². The predicted octanol–water partition coefficient (Wildman–Crippen LogP) is 3.21. The molecule has 1 unspecified atom stereocenters. The highest BCUT2D eigenvalue weighted by molar-refractivity contribution is 6.07. The first-order chi connectivity index (χ1) is 15.5. The number of carbonyl (C=O) groups excluding carboxylic acids is 3. The fourth-order valence-electron chi connectivity index (χ4n) is 4.97. The average Bonchev–Trinajstić information content (AvgIpc) is 3.39. The monoisotopic (exact) mass is 439 g/mol. The summed E-state index contributed by atoms with van der Waals surface area (Å²) in [5, 5.41) is 3.03. The van der Waals surface area contributed by atoms with Gasteiger partial charge in [-0.25, -0.2) is 9.18 Å². The van der Waals surface area contributed by atoms with Crippen LogP contribution >= 0.6 is 0 Å². The van der Waals surface area contributed by atoms with Gasteiger partial charge >= 0.3 is 6.03 Å². The molecule has 0 radical (unpaired) electrons. The van der Waals surface area contributed by atoms with Gasteiger partial charge in [0.2, 0.25) is 0 Å². The molecule has 3 aliphatic rings. The van der Waals surface area contributed by atoms with E-state index in [9.17, 15) is 18.8 Å². The second kappa shape index (κ2) is 8.07. The number of carbonyl (C=O) groups is 3. The number of likely N-dealkylation sites (tertiary alicyclic amines) is 1. The molecule has 168 valence electrons. The highest BCUT2D eigenvalue weighted by Gasteiger charge is 2.56. The average molecular weight is 439 g/mol. The third kappa shape index (κ3) is 3.78. The van der Waals surface area contributed by atoms with Crippen molar-refractivity contribution in [1.82, 2.24) is 15.1 Å². The summed E-state index contributed by atoms with van der Waals surface area (Å²) in [5.41, 5.74) is -0.286. The van der Waals surface area contributed by atoms with Gasteiger partial charge in [-0.3, -0.25) is 14.5 Å². The lowest BCUT2D eigenvalue weighted by molar-refractivity contribution is -0.134. The Labute approximate surface area is 185 Å². The Morgan fingerprint density at radius 3 is 2.44 bits per heavy atom. The number of nitrogens with one attached hydrogen (secondary N) is 1. The highest BCUT2D eigenvalue weighted by atomic mass is 19.1. The number of urea groups is 1. The zero-order valence-electron chi connectivity index (χ0n) is 17.8. The first-order valence-corrected chi connectivity index (χ1v) is 11.2. The first kappa shape index (κ1) is 20.7. The SMILES string of the molecule is O=C(c1ccco1)N1CCC(C2(Cc3ccc(F)cc3)NC(=O)N(CC3CC3)C2=O)CC1. The molecule has 1 aliphatic carbocycles. The summed E-state index contributed by atoms with van der Waals surface area (Å²) in [6.07, 6.45) is 5.01. The third-order valence-electron chi connectivity index (χ3n) is 6.95. The number of amides is 4. The number of benzene rings is 1. The Balaban J connectivity index is 1.38. The number of imide groups is 1. The zero-order valence-corrected chi connectivity index (χ0v) is 17.8. The van der Waals surface area contributed by atoms with Gasteiger partial charge in [-0.1, -0.05) is 12.1 Å². The fraction of sp³-hybridized carbons (Fsp3) is 0.458. The summed E-state index contributed by atoms with van der Waals surface area (Å²) in [7, 11) is 0. The molecule has 7 nitrogen and oxygen atoms in total. The van der Waals surface area contributed by atoms with Crippen LogP contribution < -0.4 is 5.32 Å². The molecular weight excluding hydrogens is 413 g/mol. The van der Waals surface area contributed by atoms with Crippen LogP contribution in [0.3, 0.4) is 0 Å². The third-order valence-corrected chi connectivity index (χ3v) is 6.95. The lowest BCUT2D eigenvalue weighted by Crippen LogP contribution is -2.58. The van der Waals surface area contributed by atoms with Crippen LogP contribution in [0.25, 0.3) is 0 Å². The second-order valence-corrected chi connectivity index (χ2v) is 9.11. The minimum Gasteiger partial charge on any atom is -0.459 e. The van der Waals surface area contributed by atoms with Crippen LogP contribution in [0.5, 0.6) is 0 Å². The van der Waals surface area contributed by atoms with E-state index >= 15 is 0 Å². The highest BCUT2D eigenvalue weighted by Crippen LogP contribution is 2.39. The smallest absolute Gasteiger partial charge is 0.325 e. The second-order valence-electron chi connectivity index (χ2n) is 9.11. The maximum absolute atomic E-state index is 13.6. The van der Waals surface area contributed by atoms with Gasteiger partial charge in [-0.15, -0.1) is 0 Å². The molecule has 1 N–H and O–H groups in total. The van der Waals surface area contributed by atoms with Gasteiger partial charge in [0.15, 0.2) is 5.76 Å². The maximum atomic E-state index is 13.6. The largest absolute Gasteiger partial charge is 0.459 e. The summed E-state index contributed by atoms with van der Waals surface area (Å²) in [6, 6.07) is 9.04. The number of hydrogen-bond acceptors (Lipinski definition) is 4. The Kier molecular flexibility index (Phi) is 5.23. The standard InChI is InChI=1S/C24H26FN3O4/c25-19-7-5-16(6-8-19)14-24(22(30)28(23(31)26-24)15-17-3-4-17)18-9-11-27(12-10-18)21(29)20-2-1-13-32-20/h1-2,5-8,13,17-18H,3-4,9-12,14-15H2,(H,26,31). The van der Waals surface area contributed by atoms with Gasteiger partial charge in [-0.05, 0) is 67.3 Å². The predicted molar refractivity (Wildman–Crippen MR) is 113 cm³/mol. The Morgan fingerprint density at radius 2 is 1.81 bits per heavy atom. The minimum absolute atomic E-state index is 0.131. The lowest BCUT2D eigenvalue weighted by Gasteiger charge is -2.41. The van der Waals surface area contributed by atoms with Crippen LogP contribution in [-0.2, 0) is 11.2 Å². The lowest BCUT2D eigenvalue weighted by atomic mass is 9.74. The first-order valence-electron chi connectivity index (χ1n) is 11.2. The van der Waals surface area contributed by atoms with Gasteiger partial charge < -0.3 is 14.6 Å². The van der Waals surface area contributed by atoms with Gasteiger partial charge in [0.05, 0.1) is 6.26 Å². The molecule has 8 heteroatoms. The number of nitrogens with zero attached hydrogens (tertiary/aromatic N) is 2. The minimum atomic E-state index is -1.08. The van der Waals surface area contributed by atoms with E-state index in [0.29, 0.717) is 50.6 Å². The fourth-order valence-corrected chi connectivity index (χ4v) is 4.97. The van der Waals surface area contributed by atoms with E-state index in [2.05, 4.69) is 5.32 Å². The quantitative estimate of drug-likeness (QED) is 0.701. The number of halogens is 1. The molecule has 5 rings (SSSR count). The summed E-state index contributed by atoms with van der Waals surface area (Å²) < 4.78 is 18.7. The molecule has 0 spiro atoms. The van der Waals surface area contributed by atoms with Crippen LogP contribution in [0, 0.1) is 17.7 Å². The van der Waals surface area contributed by atoms with E-state index in [4.69, 9.17) is 4.42 Å². The van der Waals surface area contributed by atoms with Gasteiger partial charge in [0.25, 0.3) is 11.8 Å². The molecule has 4 amide bonds. The topological polar surface area (TPSA) is 82.9 Å². The van der Waals surface area contributed by atoms with E-state index in [0.717, 1.165) is 18.4 Å². The van der Waals surface area contributed by atoms with Crippen molar-refractivity contribution in [2.75, 3.05) is 19.6 Å². The van der Waals surface area contributed by atoms with Crippen LogP contribution in [0.2, 0.25) is 0 Å². The van der Waals surface area contributed by atoms with Crippen molar-refractivity contribution < 1.29 is 23.2 Å². The molecule has 2 saturated heterocycles. The van der Waals surface area contributed by atoms with E-state index in [1.807, 2.05) is 0 Å². The molecule has 32 heavy (non-hydrogen) atoms. The van der Waals surface area contributed by atoms with Crippen molar-refractivity contribution in [2.45, 2.75) is 37.6 Å². The Morgan fingerprint density at radius 1 is 1.09 bits per heavy atom. The van der Waals surface area contributed by atoms with Crippen molar-refractivity contribution in [3.05, 3.63) is 59.8 Å². The number of furan rings is 1. The van der Waals surface area contributed by atoms with E-state index in [-0.39, 0.29) is 29.6 Å². The number of rotatable bonds is 6. The molecule has 3 fully saturated rings. The van der Waals surface area contributed by atoms with Crippen molar-refractivity contribution >= 4 is 17.8 Å². The van der Waals surface area contributed by atoms with Crippen molar-refractivity contribution in [1.29, 1.82) is 0 Å². The Bertz CT molecular complexity index is 1010. The molecular formula is C24H26FN3O4. The molecule has 2 aliphatic heterocycles. The number of piperidine rings is 1. The van der Waals surface area contributed by atoms with Gasteiger partial charge in [0.1, 0.15) is 11.4 Å². The van der Waals surface area contributed by atoms with Gasteiger partial charge in [-0.2, -0.15) is 0 Å². The molecule has 0 bridgehead atoms. The summed E-state index contributed by atoms with van der Waals surface area (Å²) in [5.74, 6) is -0.157. The van der Waals surface area contributed by atoms with Crippen LogP contribution in [0.4, 0.5) is 9.18 Å².